The molecule has 1 aliphatic heterocycles. The van der Waals surface area contributed by atoms with Crippen molar-refractivity contribution in [3.63, 3.8) is 0 Å². The summed E-state index contributed by atoms with van der Waals surface area (Å²) >= 11 is 0. The Bertz CT molecular complexity index is 126. The largest absolute Gasteiger partial charge is 0.480 e. The molecule has 52 valence electrons. The minimum atomic E-state index is -1.12. The van der Waals surface area contributed by atoms with Crippen molar-refractivity contribution in [2.75, 3.05) is 6.61 Å². The molecule has 1 saturated heterocycles. The van der Waals surface area contributed by atoms with Crippen molar-refractivity contribution < 1.29 is 19.7 Å². The van der Waals surface area contributed by atoms with Crippen molar-refractivity contribution in [2.24, 2.45) is 0 Å². The van der Waals surface area contributed by atoms with E-state index >= 15 is 0 Å². The molecule has 5 heteroatoms. The van der Waals surface area contributed by atoms with Crippen LogP contribution >= 0.6 is 0 Å². The van der Waals surface area contributed by atoms with Crippen LogP contribution in [0.2, 0.25) is 0 Å². The molecule has 9 heavy (non-hydrogen) atoms. The topological polar surface area (TPSA) is 78.8 Å². The first kappa shape index (κ1) is 6.47. The molecule has 0 aromatic rings. The van der Waals surface area contributed by atoms with Gasteiger partial charge in [-0.25, -0.2) is 0 Å². The first-order valence-corrected chi connectivity index (χ1v) is 2.48. The van der Waals surface area contributed by atoms with Gasteiger partial charge in [0.05, 0.1) is 6.61 Å². The lowest BCUT2D eigenvalue weighted by Gasteiger charge is -2.00. The summed E-state index contributed by atoms with van der Waals surface area (Å²) in [5.41, 5.74) is 0. The standard InChI is InChI=1S/C4H7NO4/c6-3(7)2-1-9-4(8)5-2/h2,4-5,8H,1H2,(H,6,7). The van der Waals surface area contributed by atoms with Gasteiger partial charge in [0.25, 0.3) is 0 Å². The van der Waals surface area contributed by atoms with Crippen LogP contribution in [0.4, 0.5) is 0 Å². The van der Waals surface area contributed by atoms with E-state index in [9.17, 15) is 4.79 Å². The number of aliphatic carboxylic acids is 1. The van der Waals surface area contributed by atoms with Crippen LogP contribution in [0.25, 0.3) is 0 Å². The van der Waals surface area contributed by atoms with Crippen LogP contribution in [-0.2, 0) is 9.53 Å². The highest BCUT2D eigenvalue weighted by Crippen LogP contribution is 1.98. The second kappa shape index (κ2) is 2.30. The number of hydrogen-bond acceptors (Lipinski definition) is 4. The summed E-state index contributed by atoms with van der Waals surface area (Å²) in [6.07, 6.45) is -1.12. The molecule has 0 saturated carbocycles. The number of nitrogens with one attached hydrogen (secondary N) is 1. The minimum absolute atomic E-state index is 0.0243. The number of aliphatic hydroxyl groups is 1. The lowest BCUT2D eigenvalue weighted by molar-refractivity contribution is -0.139. The molecule has 0 aromatic carbocycles. The van der Waals surface area contributed by atoms with Crippen LogP contribution in [0.5, 0.6) is 0 Å². The zero-order chi connectivity index (χ0) is 6.85. The van der Waals surface area contributed by atoms with Crippen LogP contribution in [0.3, 0.4) is 0 Å². The zero-order valence-electron chi connectivity index (χ0n) is 4.57. The highest BCUT2D eigenvalue weighted by atomic mass is 16.6. The molecule has 2 unspecified atom stereocenters. The summed E-state index contributed by atoms with van der Waals surface area (Å²) in [4.78, 5) is 10.1. The summed E-state index contributed by atoms with van der Waals surface area (Å²) in [5, 5.41) is 19.1. The highest BCUT2D eigenvalue weighted by Gasteiger charge is 2.27. The van der Waals surface area contributed by atoms with Gasteiger partial charge in [0, 0.05) is 0 Å². The fraction of sp³-hybridized carbons (Fsp3) is 0.750. The smallest absolute Gasteiger partial charge is 0.323 e. The number of aliphatic hydroxyl groups excluding tert-OH is 1. The Balaban J connectivity index is 2.39. The number of carboxylic acid groups (broad SMARTS) is 1. The Kier molecular flexibility index (Phi) is 1.65. The van der Waals surface area contributed by atoms with E-state index in [0.29, 0.717) is 0 Å². The average Bonchev–Trinajstić information content (AvgIpc) is 2.14. The van der Waals surface area contributed by atoms with Crippen LogP contribution in [0, 0.1) is 0 Å². The maximum absolute atomic E-state index is 10.1. The second-order valence-electron chi connectivity index (χ2n) is 1.74. The van der Waals surface area contributed by atoms with Crippen LogP contribution in [0.15, 0.2) is 0 Å². The lowest BCUT2D eigenvalue weighted by atomic mass is 10.3. The van der Waals surface area contributed by atoms with Gasteiger partial charge < -0.3 is 14.9 Å². The monoisotopic (exact) mass is 133 g/mol. The Morgan fingerprint density at radius 3 is 2.67 bits per heavy atom. The third-order valence-corrected chi connectivity index (χ3v) is 1.06. The lowest BCUT2D eigenvalue weighted by Crippen LogP contribution is -2.36. The summed E-state index contributed by atoms with van der Waals surface area (Å²) in [6, 6.07) is -0.764. The maximum Gasteiger partial charge on any atom is 0.323 e. The number of ether oxygens (including phenoxy) is 1. The summed E-state index contributed by atoms with van der Waals surface area (Å²) in [7, 11) is 0. The maximum atomic E-state index is 10.1. The van der Waals surface area contributed by atoms with Crippen molar-refractivity contribution in [3.8, 4) is 0 Å². The van der Waals surface area contributed by atoms with E-state index in [1.54, 1.807) is 0 Å². The predicted molar refractivity (Wildman–Crippen MR) is 26.5 cm³/mol. The van der Waals surface area contributed by atoms with E-state index < -0.39 is 18.4 Å². The van der Waals surface area contributed by atoms with E-state index in [0.717, 1.165) is 0 Å². The van der Waals surface area contributed by atoms with Crippen molar-refractivity contribution in [2.45, 2.75) is 12.5 Å². The van der Waals surface area contributed by atoms with Gasteiger partial charge in [-0.3, -0.25) is 10.1 Å². The van der Waals surface area contributed by atoms with E-state index in [2.05, 4.69) is 10.1 Å². The molecule has 1 rings (SSSR count). The molecule has 2 atom stereocenters. The molecule has 1 heterocycles. The molecule has 0 radical (unpaired) electrons. The first-order chi connectivity index (χ1) is 4.20. The van der Waals surface area contributed by atoms with Gasteiger partial charge in [-0.15, -0.1) is 0 Å². The van der Waals surface area contributed by atoms with Crippen molar-refractivity contribution >= 4 is 5.97 Å². The van der Waals surface area contributed by atoms with E-state index in [1.165, 1.54) is 0 Å². The van der Waals surface area contributed by atoms with Gasteiger partial charge >= 0.3 is 5.97 Å². The first-order valence-electron chi connectivity index (χ1n) is 2.48. The van der Waals surface area contributed by atoms with Crippen molar-refractivity contribution in [3.05, 3.63) is 0 Å². The molecular weight excluding hydrogens is 126 g/mol. The number of hydrogen-bond donors (Lipinski definition) is 3. The molecule has 0 amide bonds. The highest BCUT2D eigenvalue weighted by molar-refractivity contribution is 5.73. The molecule has 0 bridgehead atoms. The van der Waals surface area contributed by atoms with Gasteiger partial charge in [0.15, 0.2) is 0 Å². The molecule has 5 nitrogen and oxygen atoms in total. The van der Waals surface area contributed by atoms with Crippen LogP contribution in [-0.4, -0.2) is 35.2 Å². The fourth-order valence-corrected chi connectivity index (χ4v) is 0.598. The number of rotatable bonds is 1. The predicted octanol–water partition coefficient (Wildman–Crippen LogP) is -1.66. The quantitative estimate of drug-likeness (QED) is 0.399. The SMILES string of the molecule is O=C(O)C1COC(O)N1. The Morgan fingerprint density at radius 1 is 1.78 bits per heavy atom. The number of carbonyl (C=O) groups is 1. The third kappa shape index (κ3) is 1.38. The Morgan fingerprint density at radius 2 is 2.44 bits per heavy atom. The molecule has 0 aliphatic carbocycles. The van der Waals surface area contributed by atoms with E-state index in [-0.39, 0.29) is 6.61 Å². The average molecular weight is 133 g/mol. The van der Waals surface area contributed by atoms with Gasteiger partial charge in [-0.2, -0.15) is 0 Å². The third-order valence-electron chi connectivity index (χ3n) is 1.06. The second-order valence-corrected chi connectivity index (χ2v) is 1.74. The van der Waals surface area contributed by atoms with E-state index in [4.69, 9.17) is 10.2 Å². The Hall–Kier alpha value is -0.650. The minimum Gasteiger partial charge on any atom is -0.480 e. The Labute approximate surface area is 51.2 Å². The molecule has 1 aliphatic rings. The van der Waals surface area contributed by atoms with Gasteiger partial charge in [0.2, 0.25) is 6.41 Å². The van der Waals surface area contributed by atoms with Crippen LogP contribution < -0.4 is 5.32 Å². The fourth-order valence-electron chi connectivity index (χ4n) is 0.598. The van der Waals surface area contributed by atoms with Gasteiger partial charge in [-0.1, -0.05) is 0 Å². The molecule has 3 N–H and O–H groups in total. The summed E-state index contributed by atoms with van der Waals surface area (Å²) in [5.74, 6) is -1.01. The van der Waals surface area contributed by atoms with Crippen molar-refractivity contribution in [1.29, 1.82) is 0 Å². The van der Waals surface area contributed by atoms with Gasteiger partial charge in [0.1, 0.15) is 6.04 Å². The molecule has 0 aromatic heterocycles. The number of carboxylic acids is 1. The molecule has 1 fully saturated rings. The summed E-state index contributed by atoms with van der Waals surface area (Å²) in [6.45, 7) is 0.0243. The van der Waals surface area contributed by atoms with Crippen molar-refractivity contribution in [1.82, 2.24) is 5.32 Å². The molecular formula is C4H7NO4. The molecule has 0 spiro atoms. The van der Waals surface area contributed by atoms with E-state index in [1.807, 2.05) is 0 Å². The normalized spacial score (nSPS) is 34.8. The zero-order valence-corrected chi connectivity index (χ0v) is 4.57. The van der Waals surface area contributed by atoms with Gasteiger partial charge in [-0.05, 0) is 0 Å². The van der Waals surface area contributed by atoms with Crippen LogP contribution in [0.1, 0.15) is 0 Å². The summed E-state index contributed by atoms with van der Waals surface area (Å²) < 4.78 is 4.49.